The molecule has 0 bridgehead atoms. The van der Waals surface area contributed by atoms with E-state index in [1.165, 1.54) is 36.9 Å². The molecule has 2 heteroatoms. The van der Waals surface area contributed by atoms with Crippen LogP contribution in [0.3, 0.4) is 0 Å². The topological polar surface area (TPSA) is 12.0 Å². The summed E-state index contributed by atoms with van der Waals surface area (Å²) in [5, 5.41) is 3.55. The number of unbranched alkanes of at least 4 members (excludes halogenated alkanes) is 2. The van der Waals surface area contributed by atoms with Crippen LogP contribution in [-0.4, -0.2) is 6.04 Å². The molecule has 1 rings (SSSR count). The zero-order valence-electron chi connectivity index (χ0n) is 10.5. The summed E-state index contributed by atoms with van der Waals surface area (Å²) >= 11 is 3.59. The summed E-state index contributed by atoms with van der Waals surface area (Å²) in [4.78, 5) is 0. The van der Waals surface area contributed by atoms with Crippen molar-refractivity contribution in [1.29, 1.82) is 0 Å². The molecule has 1 nitrogen and oxygen atoms in total. The summed E-state index contributed by atoms with van der Waals surface area (Å²) in [7, 11) is 0. The Bertz CT molecular complexity index is 323. The highest BCUT2D eigenvalue weighted by Gasteiger charge is 2.04. The van der Waals surface area contributed by atoms with Gasteiger partial charge in [0.1, 0.15) is 0 Å². The van der Waals surface area contributed by atoms with E-state index in [-0.39, 0.29) is 0 Å². The van der Waals surface area contributed by atoms with Gasteiger partial charge < -0.3 is 5.32 Å². The van der Waals surface area contributed by atoms with Crippen molar-refractivity contribution < 1.29 is 0 Å². The normalized spacial score (nSPS) is 12.5. The lowest BCUT2D eigenvalue weighted by Gasteiger charge is -2.16. The van der Waals surface area contributed by atoms with E-state index in [2.05, 4.69) is 60.2 Å². The van der Waals surface area contributed by atoms with Gasteiger partial charge in [-0.3, -0.25) is 0 Å². The van der Waals surface area contributed by atoms with Crippen molar-refractivity contribution >= 4 is 21.6 Å². The van der Waals surface area contributed by atoms with Gasteiger partial charge >= 0.3 is 0 Å². The minimum Gasteiger partial charge on any atom is -0.382 e. The second-order valence-electron chi connectivity index (χ2n) is 4.52. The largest absolute Gasteiger partial charge is 0.382 e. The molecule has 90 valence electrons. The molecule has 0 radical (unpaired) electrons. The Morgan fingerprint density at radius 1 is 1.31 bits per heavy atom. The molecule has 0 aliphatic rings. The summed E-state index contributed by atoms with van der Waals surface area (Å²) in [5.41, 5.74) is 2.49. The first kappa shape index (κ1) is 13.6. The standard InChI is InChI=1S/C14H22BrN/c1-4-5-6-7-12(3)16-14-9-8-11(2)10-13(14)15/h8-10,12,16H,4-7H2,1-3H3. The Kier molecular flexibility index (Phi) is 5.89. The average molecular weight is 284 g/mol. The Labute approximate surface area is 108 Å². The van der Waals surface area contributed by atoms with Crippen molar-refractivity contribution in [3.8, 4) is 0 Å². The van der Waals surface area contributed by atoms with Crippen molar-refractivity contribution in [1.82, 2.24) is 0 Å². The van der Waals surface area contributed by atoms with Crippen LogP contribution in [0.1, 0.15) is 45.1 Å². The maximum atomic E-state index is 3.59. The SMILES string of the molecule is CCCCCC(C)Nc1ccc(C)cc1Br. The molecular formula is C14H22BrN. The number of nitrogens with one attached hydrogen (secondary N) is 1. The van der Waals surface area contributed by atoms with Crippen LogP contribution in [-0.2, 0) is 0 Å². The van der Waals surface area contributed by atoms with E-state index in [4.69, 9.17) is 0 Å². The summed E-state index contributed by atoms with van der Waals surface area (Å²) < 4.78 is 1.16. The van der Waals surface area contributed by atoms with Gasteiger partial charge in [0, 0.05) is 16.2 Å². The van der Waals surface area contributed by atoms with Crippen LogP contribution in [0, 0.1) is 6.92 Å². The molecule has 0 aromatic heterocycles. The van der Waals surface area contributed by atoms with Crippen LogP contribution >= 0.6 is 15.9 Å². The molecule has 16 heavy (non-hydrogen) atoms. The molecule has 1 aromatic rings. The van der Waals surface area contributed by atoms with Crippen LogP contribution in [0.25, 0.3) is 0 Å². The van der Waals surface area contributed by atoms with Gasteiger partial charge in [0.05, 0.1) is 0 Å². The number of hydrogen-bond acceptors (Lipinski definition) is 1. The first-order chi connectivity index (χ1) is 7.63. The Morgan fingerprint density at radius 2 is 2.06 bits per heavy atom. The highest BCUT2D eigenvalue weighted by Crippen LogP contribution is 2.24. The van der Waals surface area contributed by atoms with Crippen molar-refractivity contribution in [3.05, 3.63) is 28.2 Å². The fourth-order valence-corrected chi connectivity index (χ4v) is 2.38. The Hall–Kier alpha value is -0.500. The third-order valence-corrected chi connectivity index (χ3v) is 3.42. The van der Waals surface area contributed by atoms with Gasteiger partial charge in [-0.1, -0.05) is 32.3 Å². The van der Waals surface area contributed by atoms with E-state index < -0.39 is 0 Å². The third kappa shape index (κ3) is 4.56. The molecule has 0 saturated carbocycles. The molecule has 0 amide bonds. The summed E-state index contributed by atoms with van der Waals surface area (Å²) in [6, 6.07) is 6.99. The maximum Gasteiger partial charge on any atom is 0.0486 e. The molecule has 0 saturated heterocycles. The predicted octanol–water partition coefficient (Wildman–Crippen LogP) is 5.14. The molecule has 0 fully saturated rings. The van der Waals surface area contributed by atoms with Gasteiger partial charge in [-0.25, -0.2) is 0 Å². The Balaban J connectivity index is 2.46. The molecule has 0 heterocycles. The van der Waals surface area contributed by atoms with Crippen LogP contribution in [0.2, 0.25) is 0 Å². The smallest absolute Gasteiger partial charge is 0.0486 e. The van der Waals surface area contributed by atoms with E-state index in [0.717, 1.165) is 4.47 Å². The van der Waals surface area contributed by atoms with E-state index in [0.29, 0.717) is 6.04 Å². The van der Waals surface area contributed by atoms with Crippen LogP contribution in [0.4, 0.5) is 5.69 Å². The summed E-state index contributed by atoms with van der Waals surface area (Å²) in [5.74, 6) is 0. The second kappa shape index (κ2) is 6.95. The minimum atomic E-state index is 0.547. The van der Waals surface area contributed by atoms with Gasteiger partial charge in [-0.2, -0.15) is 0 Å². The lowest BCUT2D eigenvalue weighted by atomic mass is 10.1. The third-order valence-electron chi connectivity index (χ3n) is 2.77. The van der Waals surface area contributed by atoms with Crippen molar-refractivity contribution in [3.63, 3.8) is 0 Å². The minimum absolute atomic E-state index is 0.547. The fourth-order valence-electron chi connectivity index (χ4n) is 1.78. The molecule has 1 atom stereocenters. The summed E-state index contributed by atoms with van der Waals surface area (Å²) in [6.07, 6.45) is 5.18. The average Bonchev–Trinajstić information content (AvgIpc) is 2.23. The van der Waals surface area contributed by atoms with Crippen molar-refractivity contribution in [2.24, 2.45) is 0 Å². The summed E-state index contributed by atoms with van der Waals surface area (Å²) in [6.45, 7) is 6.61. The fraction of sp³-hybridized carbons (Fsp3) is 0.571. The van der Waals surface area contributed by atoms with Crippen LogP contribution < -0.4 is 5.32 Å². The van der Waals surface area contributed by atoms with Crippen LogP contribution in [0.15, 0.2) is 22.7 Å². The number of benzene rings is 1. The van der Waals surface area contributed by atoms with Gasteiger partial charge in [0.2, 0.25) is 0 Å². The van der Waals surface area contributed by atoms with Gasteiger partial charge in [0.15, 0.2) is 0 Å². The lowest BCUT2D eigenvalue weighted by Crippen LogP contribution is -2.15. The number of anilines is 1. The number of aryl methyl sites for hydroxylation is 1. The number of halogens is 1. The molecule has 1 unspecified atom stereocenters. The van der Waals surface area contributed by atoms with E-state index in [1.807, 2.05) is 0 Å². The van der Waals surface area contributed by atoms with E-state index in [1.54, 1.807) is 0 Å². The predicted molar refractivity (Wildman–Crippen MR) is 76.1 cm³/mol. The monoisotopic (exact) mass is 283 g/mol. The zero-order chi connectivity index (χ0) is 12.0. The Morgan fingerprint density at radius 3 is 2.69 bits per heavy atom. The zero-order valence-corrected chi connectivity index (χ0v) is 12.1. The molecule has 0 aliphatic heterocycles. The van der Waals surface area contributed by atoms with E-state index in [9.17, 15) is 0 Å². The molecule has 0 spiro atoms. The highest BCUT2D eigenvalue weighted by atomic mass is 79.9. The number of hydrogen-bond donors (Lipinski definition) is 1. The number of rotatable bonds is 6. The highest BCUT2D eigenvalue weighted by molar-refractivity contribution is 9.10. The van der Waals surface area contributed by atoms with Gasteiger partial charge in [-0.15, -0.1) is 0 Å². The van der Waals surface area contributed by atoms with Crippen molar-refractivity contribution in [2.75, 3.05) is 5.32 Å². The first-order valence-corrected chi connectivity index (χ1v) is 6.95. The maximum absolute atomic E-state index is 3.59. The van der Waals surface area contributed by atoms with Crippen LogP contribution in [0.5, 0.6) is 0 Å². The van der Waals surface area contributed by atoms with E-state index >= 15 is 0 Å². The van der Waals surface area contributed by atoms with Crippen molar-refractivity contribution in [2.45, 2.75) is 52.5 Å². The molecule has 1 N–H and O–H groups in total. The quantitative estimate of drug-likeness (QED) is 0.713. The molecule has 1 aromatic carbocycles. The lowest BCUT2D eigenvalue weighted by molar-refractivity contribution is 0.615. The second-order valence-corrected chi connectivity index (χ2v) is 5.38. The molecular weight excluding hydrogens is 262 g/mol. The van der Waals surface area contributed by atoms with Gasteiger partial charge in [0.25, 0.3) is 0 Å². The molecule has 0 aliphatic carbocycles. The van der Waals surface area contributed by atoms with Gasteiger partial charge in [-0.05, 0) is 53.9 Å². The first-order valence-electron chi connectivity index (χ1n) is 6.16.